The minimum atomic E-state index is 0.646. The molecule has 0 spiro atoms. The molecule has 5 nitrogen and oxygen atoms in total. The molecule has 0 bridgehead atoms. The van der Waals surface area contributed by atoms with Crippen LogP contribution in [0.2, 0.25) is 0 Å². The van der Waals surface area contributed by atoms with Crippen LogP contribution in [0, 0.1) is 0 Å². The molecule has 8 rings (SSSR count). The highest BCUT2D eigenvalue weighted by Gasteiger charge is 2.18. The molecule has 4 aromatic heterocycles. The molecule has 0 aliphatic carbocycles. The predicted octanol–water partition coefficient (Wildman–Crippen LogP) is 8.28. The Kier molecular flexibility index (Phi) is 5.07. The molecular weight excluding hydrogens is 490 g/mol. The summed E-state index contributed by atoms with van der Waals surface area (Å²) in [4.78, 5) is 25.1. The fourth-order valence-corrected chi connectivity index (χ4v) is 5.35. The second kappa shape index (κ2) is 9.03. The van der Waals surface area contributed by atoms with E-state index < -0.39 is 0 Å². The molecule has 8 aromatic rings. The van der Waals surface area contributed by atoms with Gasteiger partial charge >= 0.3 is 0 Å². The van der Waals surface area contributed by atoms with Gasteiger partial charge < -0.3 is 0 Å². The second-order valence-electron chi connectivity index (χ2n) is 9.77. The lowest BCUT2D eigenvalue weighted by molar-refractivity contribution is 1.17. The molecule has 186 valence electrons. The van der Waals surface area contributed by atoms with Crippen LogP contribution in [0.3, 0.4) is 0 Å². The number of benzene rings is 4. The fraction of sp³-hybridized carbons (Fsp3) is 0. The maximum atomic E-state index is 5.25. The third-order valence-corrected chi connectivity index (χ3v) is 7.28. The van der Waals surface area contributed by atoms with E-state index in [9.17, 15) is 0 Å². The second-order valence-corrected chi connectivity index (χ2v) is 9.77. The van der Waals surface area contributed by atoms with Crippen LogP contribution in [0.4, 0.5) is 0 Å². The summed E-state index contributed by atoms with van der Waals surface area (Å²) in [6, 6.07) is 40.9. The van der Waals surface area contributed by atoms with Crippen LogP contribution in [0.5, 0.6) is 0 Å². The minimum absolute atomic E-state index is 0.646. The van der Waals surface area contributed by atoms with Gasteiger partial charge in [0.25, 0.3) is 0 Å². The van der Waals surface area contributed by atoms with Crippen molar-refractivity contribution in [2.45, 2.75) is 0 Å². The summed E-state index contributed by atoms with van der Waals surface area (Å²) < 4.78 is 0. The van der Waals surface area contributed by atoms with Gasteiger partial charge in [-0.15, -0.1) is 0 Å². The van der Waals surface area contributed by atoms with Crippen molar-refractivity contribution in [1.29, 1.82) is 0 Å². The van der Waals surface area contributed by atoms with Gasteiger partial charge in [0.15, 0.2) is 5.82 Å². The maximum Gasteiger partial charge on any atom is 0.160 e. The molecular formula is C35H21N5. The van der Waals surface area contributed by atoms with Gasteiger partial charge in [0.05, 0.1) is 33.5 Å². The highest BCUT2D eigenvalue weighted by atomic mass is 14.9. The molecule has 0 unspecified atom stereocenters. The van der Waals surface area contributed by atoms with Crippen molar-refractivity contribution < 1.29 is 0 Å². The standard InChI is InChI=1S/C35H21N5/c1-3-10-22(11-4-1)29-21-30(39-35(38-29)24-12-5-2-6-13-24)34-33-27(26-15-7-8-16-28(26)37-34)20-25-18-17-23-14-9-19-36-31(23)32(25)40-33/h1-21H. The first-order chi connectivity index (χ1) is 19.8. The van der Waals surface area contributed by atoms with Crippen LogP contribution in [0.1, 0.15) is 0 Å². The maximum absolute atomic E-state index is 5.25. The van der Waals surface area contributed by atoms with Gasteiger partial charge in [-0.25, -0.2) is 19.9 Å². The molecule has 5 heteroatoms. The molecule has 0 saturated heterocycles. The zero-order chi connectivity index (χ0) is 26.5. The average Bonchev–Trinajstić information content (AvgIpc) is 3.04. The Labute approximate surface area is 229 Å². The van der Waals surface area contributed by atoms with Crippen LogP contribution in [0.25, 0.3) is 77.6 Å². The average molecular weight is 512 g/mol. The number of rotatable bonds is 3. The van der Waals surface area contributed by atoms with E-state index in [1.54, 1.807) is 0 Å². The number of hydrogen-bond donors (Lipinski definition) is 0. The van der Waals surface area contributed by atoms with Crippen molar-refractivity contribution in [3.05, 3.63) is 128 Å². The Morgan fingerprint density at radius 3 is 2.00 bits per heavy atom. The zero-order valence-corrected chi connectivity index (χ0v) is 21.4. The van der Waals surface area contributed by atoms with Crippen LogP contribution in [-0.4, -0.2) is 24.9 Å². The molecule has 40 heavy (non-hydrogen) atoms. The van der Waals surface area contributed by atoms with Crippen molar-refractivity contribution >= 4 is 43.6 Å². The predicted molar refractivity (Wildman–Crippen MR) is 162 cm³/mol. The molecule has 0 aliphatic heterocycles. The van der Waals surface area contributed by atoms with E-state index in [2.05, 4.69) is 47.4 Å². The van der Waals surface area contributed by atoms with Crippen molar-refractivity contribution in [2.75, 3.05) is 0 Å². The van der Waals surface area contributed by atoms with E-state index in [1.165, 1.54) is 0 Å². The smallest absolute Gasteiger partial charge is 0.160 e. The lowest BCUT2D eigenvalue weighted by Gasteiger charge is -2.13. The highest BCUT2D eigenvalue weighted by Crippen LogP contribution is 2.36. The van der Waals surface area contributed by atoms with E-state index in [-0.39, 0.29) is 0 Å². The summed E-state index contributed by atoms with van der Waals surface area (Å²) in [6.45, 7) is 0. The first-order valence-corrected chi connectivity index (χ1v) is 13.2. The number of fused-ring (bicyclic) bond motifs is 6. The Bertz CT molecular complexity index is 2150. The van der Waals surface area contributed by atoms with Crippen LogP contribution in [0.15, 0.2) is 128 Å². The van der Waals surface area contributed by atoms with Gasteiger partial charge in [0.2, 0.25) is 0 Å². The summed E-state index contributed by atoms with van der Waals surface area (Å²) >= 11 is 0. The van der Waals surface area contributed by atoms with Crippen LogP contribution < -0.4 is 0 Å². The lowest BCUT2D eigenvalue weighted by atomic mass is 10.0. The zero-order valence-electron chi connectivity index (χ0n) is 21.4. The van der Waals surface area contributed by atoms with Gasteiger partial charge in [0, 0.05) is 38.9 Å². The number of hydrogen-bond acceptors (Lipinski definition) is 5. The van der Waals surface area contributed by atoms with E-state index >= 15 is 0 Å². The minimum Gasteiger partial charge on any atom is -0.254 e. The van der Waals surface area contributed by atoms with Crippen molar-refractivity contribution in [3.63, 3.8) is 0 Å². The first kappa shape index (κ1) is 22.4. The topological polar surface area (TPSA) is 64.5 Å². The molecule has 4 heterocycles. The highest BCUT2D eigenvalue weighted by molar-refractivity contribution is 6.15. The number of nitrogens with zero attached hydrogens (tertiary/aromatic N) is 5. The molecule has 4 aromatic carbocycles. The van der Waals surface area contributed by atoms with Gasteiger partial charge in [0.1, 0.15) is 5.69 Å². The summed E-state index contributed by atoms with van der Waals surface area (Å²) in [7, 11) is 0. The molecule has 0 N–H and O–H groups in total. The van der Waals surface area contributed by atoms with Gasteiger partial charge in [-0.1, -0.05) is 97.1 Å². The lowest BCUT2D eigenvalue weighted by Crippen LogP contribution is -1.99. The third kappa shape index (κ3) is 3.68. The van der Waals surface area contributed by atoms with Crippen molar-refractivity contribution in [3.8, 4) is 34.0 Å². The quantitative estimate of drug-likeness (QED) is 0.176. The SMILES string of the molecule is c1ccc(-c2cc(-c3nc4ccccc4c4cc5ccc6cccnc6c5nc34)nc(-c3ccccc3)n2)cc1. The van der Waals surface area contributed by atoms with E-state index in [4.69, 9.17) is 19.9 Å². The Hall–Kier alpha value is -5.55. The summed E-state index contributed by atoms with van der Waals surface area (Å²) in [5.74, 6) is 0.646. The first-order valence-electron chi connectivity index (χ1n) is 13.2. The van der Waals surface area contributed by atoms with E-state index in [0.29, 0.717) is 5.82 Å². The van der Waals surface area contributed by atoms with Crippen molar-refractivity contribution in [1.82, 2.24) is 24.9 Å². The van der Waals surface area contributed by atoms with Crippen LogP contribution in [-0.2, 0) is 0 Å². The normalized spacial score (nSPS) is 11.5. The number of pyridine rings is 3. The molecule has 0 radical (unpaired) electrons. The Morgan fingerprint density at radius 2 is 1.15 bits per heavy atom. The van der Waals surface area contributed by atoms with Crippen LogP contribution >= 0.6 is 0 Å². The van der Waals surface area contributed by atoms with Gasteiger partial charge in [-0.05, 0) is 24.3 Å². The van der Waals surface area contributed by atoms with Gasteiger partial charge in [-0.3, -0.25) is 4.98 Å². The monoisotopic (exact) mass is 511 g/mol. The molecule has 0 saturated carbocycles. The molecule has 0 fully saturated rings. The molecule has 0 aliphatic rings. The molecule has 0 atom stereocenters. The molecule has 0 amide bonds. The Balaban J connectivity index is 1.49. The fourth-order valence-electron chi connectivity index (χ4n) is 5.35. The number of para-hydroxylation sites is 1. The summed E-state index contributed by atoms with van der Waals surface area (Å²) in [5.41, 5.74) is 7.65. The van der Waals surface area contributed by atoms with Crippen molar-refractivity contribution in [2.24, 2.45) is 0 Å². The largest absolute Gasteiger partial charge is 0.254 e. The Morgan fingerprint density at radius 1 is 0.425 bits per heavy atom. The third-order valence-electron chi connectivity index (χ3n) is 7.28. The van der Waals surface area contributed by atoms with E-state index in [1.807, 2.05) is 85.1 Å². The summed E-state index contributed by atoms with van der Waals surface area (Å²) in [6.07, 6.45) is 1.82. The summed E-state index contributed by atoms with van der Waals surface area (Å²) in [5, 5.41) is 4.18. The van der Waals surface area contributed by atoms with E-state index in [0.717, 1.165) is 71.8 Å². The van der Waals surface area contributed by atoms with Gasteiger partial charge in [-0.2, -0.15) is 0 Å². The number of aromatic nitrogens is 5.